The van der Waals surface area contributed by atoms with Crippen molar-refractivity contribution in [2.75, 3.05) is 0 Å². The summed E-state index contributed by atoms with van der Waals surface area (Å²) in [4.78, 5) is 23.2. The molecule has 0 aromatic heterocycles. The van der Waals surface area contributed by atoms with Gasteiger partial charge in [-0.25, -0.2) is 9.59 Å². The smallest absolute Gasteiger partial charge is 0.336 e. The molecule has 4 nitrogen and oxygen atoms in total. The second kappa shape index (κ2) is 8.56. The van der Waals surface area contributed by atoms with E-state index in [1.807, 2.05) is 6.92 Å². The van der Waals surface area contributed by atoms with Crippen LogP contribution in [0, 0.1) is 11.8 Å². The fourth-order valence-electron chi connectivity index (χ4n) is 1.40. The molecule has 0 aliphatic carbocycles. The first-order valence-electron chi connectivity index (χ1n) is 6.88. The van der Waals surface area contributed by atoms with Gasteiger partial charge < -0.3 is 9.47 Å². The normalized spacial score (nSPS) is 12.2. The maximum absolute atomic E-state index is 11.6. The molecule has 0 saturated carbocycles. The standard InChI is InChI=1S/C16H26O4/c1-10(2)8-9-13(7)16(19-14(17)11(3)4)20-15(18)12(5)6/h10,13,16H,3,5,8-9H2,1-2,4,6-7H3. The van der Waals surface area contributed by atoms with E-state index in [2.05, 4.69) is 27.0 Å². The van der Waals surface area contributed by atoms with Crippen LogP contribution < -0.4 is 0 Å². The van der Waals surface area contributed by atoms with Gasteiger partial charge in [-0.2, -0.15) is 0 Å². The lowest BCUT2D eigenvalue weighted by atomic mass is 9.99. The second-order valence-electron chi connectivity index (χ2n) is 5.69. The third kappa shape index (κ3) is 7.12. The van der Waals surface area contributed by atoms with Crippen molar-refractivity contribution < 1.29 is 19.1 Å². The Morgan fingerprint density at radius 3 is 1.60 bits per heavy atom. The third-order valence-electron chi connectivity index (χ3n) is 2.81. The molecule has 0 heterocycles. The summed E-state index contributed by atoms with van der Waals surface area (Å²) in [6.45, 7) is 16.3. The lowest BCUT2D eigenvalue weighted by molar-refractivity contribution is -0.191. The Balaban J connectivity index is 4.76. The summed E-state index contributed by atoms with van der Waals surface area (Å²) in [5.41, 5.74) is 0.551. The molecule has 1 unspecified atom stereocenters. The second-order valence-corrected chi connectivity index (χ2v) is 5.69. The van der Waals surface area contributed by atoms with Crippen LogP contribution in [-0.2, 0) is 19.1 Å². The van der Waals surface area contributed by atoms with E-state index in [9.17, 15) is 9.59 Å². The van der Waals surface area contributed by atoms with Crippen molar-refractivity contribution in [2.45, 2.75) is 53.8 Å². The fourth-order valence-corrected chi connectivity index (χ4v) is 1.40. The van der Waals surface area contributed by atoms with E-state index in [1.54, 1.807) is 13.8 Å². The first-order chi connectivity index (χ1) is 9.15. The van der Waals surface area contributed by atoms with Crippen molar-refractivity contribution in [3.05, 3.63) is 24.3 Å². The Hall–Kier alpha value is -1.58. The van der Waals surface area contributed by atoms with Gasteiger partial charge in [-0.1, -0.05) is 40.3 Å². The third-order valence-corrected chi connectivity index (χ3v) is 2.81. The fraction of sp³-hybridized carbons (Fsp3) is 0.625. The van der Waals surface area contributed by atoms with Crippen LogP contribution in [-0.4, -0.2) is 18.2 Å². The average molecular weight is 282 g/mol. The van der Waals surface area contributed by atoms with Crippen molar-refractivity contribution in [3.8, 4) is 0 Å². The van der Waals surface area contributed by atoms with Crippen LogP contribution in [0.25, 0.3) is 0 Å². The van der Waals surface area contributed by atoms with Gasteiger partial charge in [-0.3, -0.25) is 0 Å². The SMILES string of the molecule is C=C(C)C(=O)OC(OC(=O)C(=C)C)C(C)CCC(C)C. The van der Waals surface area contributed by atoms with Crippen LogP contribution in [0.1, 0.15) is 47.5 Å². The molecule has 0 bridgehead atoms. The van der Waals surface area contributed by atoms with Crippen LogP contribution in [0.15, 0.2) is 24.3 Å². The van der Waals surface area contributed by atoms with E-state index in [4.69, 9.17) is 9.47 Å². The molecule has 20 heavy (non-hydrogen) atoms. The van der Waals surface area contributed by atoms with Gasteiger partial charge in [0.1, 0.15) is 0 Å². The van der Waals surface area contributed by atoms with Gasteiger partial charge in [-0.05, 0) is 26.2 Å². The number of carbonyl (C=O) groups excluding carboxylic acids is 2. The zero-order chi connectivity index (χ0) is 15.9. The summed E-state index contributed by atoms with van der Waals surface area (Å²) in [5, 5.41) is 0. The summed E-state index contributed by atoms with van der Waals surface area (Å²) in [6.07, 6.45) is 0.865. The Kier molecular flexibility index (Phi) is 7.89. The van der Waals surface area contributed by atoms with E-state index < -0.39 is 18.2 Å². The van der Waals surface area contributed by atoms with Crippen LogP contribution in [0.2, 0.25) is 0 Å². The minimum absolute atomic E-state index is 0.0796. The van der Waals surface area contributed by atoms with Crippen molar-refractivity contribution in [3.63, 3.8) is 0 Å². The van der Waals surface area contributed by atoms with E-state index in [0.29, 0.717) is 5.92 Å². The average Bonchev–Trinajstić information content (AvgIpc) is 2.34. The maximum atomic E-state index is 11.6. The molecule has 0 radical (unpaired) electrons. The van der Waals surface area contributed by atoms with E-state index in [-0.39, 0.29) is 17.1 Å². The van der Waals surface area contributed by atoms with Gasteiger partial charge in [0.2, 0.25) is 0 Å². The van der Waals surface area contributed by atoms with Crippen LogP contribution >= 0.6 is 0 Å². The van der Waals surface area contributed by atoms with Gasteiger partial charge >= 0.3 is 11.9 Å². The molecule has 0 fully saturated rings. The summed E-state index contributed by atoms with van der Waals surface area (Å²) >= 11 is 0. The zero-order valence-corrected chi connectivity index (χ0v) is 13.2. The largest absolute Gasteiger partial charge is 0.422 e. The van der Waals surface area contributed by atoms with Gasteiger partial charge in [-0.15, -0.1) is 0 Å². The monoisotopic (exact) mass is 282 g/mol. The lowest BCUT2D eigenvalue weighted by Gasteiger charge is -2.24. The molecule has 0 spiro atoms. The molecule has 0 aliphatic heterocycles. The first-order valence-corrected chi connectivity index (χ1v) is 6.88. The molecule has 0 amide bonds. The number of hydrogen-bond acceptors (Lipinski definition) is 4. The first kappa shape index (κ1) is 18.4. The molecule has 114 valence electrons. The molecule has 0 aromatic carbocycles. The highest BCUT2D eigenvalue weighted by Gasteiger charge is 2.26. The Morgan fingerprint density at radius 1 is 0.900 bits per heavy atom. The highest BCUT2D eigenvalue weighted by molar-refractivity contribution is 5.88. The summed E-state index contributed by atoms with van der Waals surface area (Å²) in [6, 6.07) is 0. The van der Waals surface area contributed by atoms with E-state index in [0.717, 1.165) is 12.8 Å². The zero-order valence-electron chi connectivity index (χ0n) is 13.2. The molecule has 0 saturated heterocycles. The maximum Gasteiger partial charge on any atom is 0.336 e. The molecule has 0 aliphatic rings. The van der Waals surface area contributed by atoms with Gasteiger partial charge in [0.25, 0.3) is 6.29 Å². The van der Waals surface area contributed by atoms with Crippen molar-refractivity contribution >= 4 is 11.9 Å². The quantitative estimate of drug-likeness (QED) is 0.387. The highest BCUT2D eigenvalue weighted by Crippen LogP contribution is 2.20. The number of ether oxygens (including phenoxy) is 2. The lowest BCUT2D eigenvalue weighted by Crippen LogP contribution is -2.31. The van der Waals surface area contributed by atoms with Crippen molar-refractivity contribution in [1.82, 2.24) is 0 Å². The minimum Gasteiger partial charge on any atom is -0.422 e. The molecular formula is C16H26O4. The molecule has 4 heteroatoms. The predicted octanol–water partition coefficient (Wildman–Crippen LogP) is 3.62. The van der Waals surface area contributed by atoms with Gasteiger partial charge in [0.05, 0.1) is 0 Å². The molecule has 0 N–H and O–H groups in total. The van der Waals surface area contributed by atoms with Gasteiger partial charge in [0.15, 0.2) is 0 Å². The molecule has 0 rings (SSSR count). The van der Waals surface area contributed by atoms with Crippen molar-refractivity contribution in [1.29, 1.82) is 0 Å². The van der Waals surface area contributed by atoms with E-state index >= 15 is 0 Å². The summed E-state index contributed by atoms with van der Waals surface area (Å²) in [5.74, 6) is -0.655. The minimum atomic E-state index is -0.901. The Bertz CT molecular complexity index is 354. The molecule has 1 atom stereocenters. The number of hydrogen-bond donors (Lipinski definition) is 0. The topological polar surface area (TPSA) is 52.6 Å². The summed E-state index contributed by atoms with van der Waals surface area (Å²) < 4.78 is 10.4. The van der Waals surface area contributed by atoms with Crippen LogP contribution in [0.5, 0.6) is 0 Å². The highest BCUT2D eigenvalue weighted by atomic mass is 16.7. The number of esters is 2. The number of rotatable bonds is 8. The predicted molar refractivity (Wildman–Crippen MR) is 78.8 cm³/mol. The molecule has 0 aromatic rings. The molecular weight excluding hydrogens is 256 g/mol. The van der Waals surface area contributed by atoms with E-state index in [1.165, 1.54) is 0 Å². The Labute approximate surface area is 121 Å². The number of carbonyl (C=O) groups is 2. The van der Waals surface area contributed by atoms with Crippen molar-refractivity contribution in [2.24, 2.45) is 11.8 Å². The van der Waals surface area contributed by atoms with Gasteiger partial charge in [0, 0.05) is 17.1 Å². The summed E-state index contributed by atoms with van der Waals surface area (Å²) in [7, 11) is 0. The van der Waals surface area contributed by atoms with Crippen LogP contribution in [0.3, 0.4) is 0 Å². The Morgan fingerprint density at radius 2 is 1.30 bits per heavy atom. The van der Waals surface area contributed by atoms with Crippen LogP contribution in [0.4, 0.5) is 0 Å².